The number of aryl methyl sites for hydroxylation is 2. The van der Waals surface area contributed by atoms with Crippen molar-refractivity contribution in [3.05, 3.63) is 42.0 Å². The number of rotatable bonds is 5. The number of aromatic nitrogens is 6. The van der Waals surface area contributed by atoms with E-state index in [0.717, 1.165) is 61.4 Å². The standard InChI is InChI=1S/C24H26N8O/c1-3-7-18-29-30-23(33-18)22-28-19-20(26-15-27-21(19)32(22)4-2)31-12-10-24(11-13-31)14-25-17-9-6-5-8-16(17)24/h5-6,8-9,14-15H,3-4,7,10-13H2,1-2H3. The molecule has 2 aliphatic heterocycles. The summed E-state index contributed by atoms with van der Waals surface area (Å²) >= 11 is 0. The molecule has 1 spiro atoms. The maximum Gasteiger partial charge on any atom is 0.284 e. The summed E-state index contributed by atoms with van der Waals surface area (Å²) in [6.07, 6.45) is 7.47. The van der Waals surface area contributed by atoms with E-state index in [9.17, 15) is 0 Å². The third kappa shape index (κ3) is 3.13. The number of hydrogen-bond acceptors (Lipinski definition) is 8. The fourth-order valence-electron chi connectivity index (χ4n) is 5.06. The summed E-state index contributed by atoms with van der Waals surface area (Å²) in [6.45, 7) is 6.61. The molecule has 1 aromatic carbocycles. The first-order valence-electron chi connectivity index (χ1n) is 11.7. The fourth-order valence-corrected chi connectivity index (χ4v) is 5.06. The lowest BCUT2D eigenvalue weighted by Gasteiger charge is -2.38. The molecule has 0 atom stereocenters. The number of anilines is 1. The van der Waals surface area contributed by atoms with Crippen LogP contribution in [0.3, 0.4) is 0 Å². The average molecular weight is 443 g/mol. The number of benzene rings is 1. The highest BCUT2D eigenvalue weighted by Gasteiger charge is 2.40. The third-order valence-electron chi connectivity index (χ3n) is 6.80. The number of piperidine rings is 1. The molecule has 33 heavy (non-hydrogen) atoms. The zero-order valence-corrected chi connectivity index (χ0v) is 18.9. The fraction of sp³-hybridized carbons (Fsp3) is 0.417. The Hall–Kier alpha value is -3.62. The first-order valence-corrected chi connectivity index (χ1v) is 11.7. The van der Waals surface area contributed by atoms with Crippen molar-refractivity contribution in [3.8, 4) is 11.7 Å². The van der Waals surface area contributed by atoms with Gasteiger partial charge in [0.15, 0.2) is 17.0 Å². The highest BCUT2D eigenvalue weighted by molar-refractivity contribution is 5.88. The smallest absolute Gasteiger partial charge is 0.284 e. The lowest BCUT2D eigenvalue weighted by Crippen LogP contribution is -2.43. The lowest BCUT2D eigenvalue weighted by atomic mass is 9.74. The second-order valence-electron chi connectivity index (χ2n) is 8.72. The monoisotopic (exact) mass is 442 g/mol. The number of imidazole rings is 1. The summed E-state index contributed by atoms with van der Waals surface area (Å²) < 4.78 is 7.91. The van der Waals surface area contributed by atoms with Crippen molar-refractivity contribution in [2.75, 3.05) is 18.0 Å². The molecule has 0 unspecified atom stereocenters. The SMILES string of the molecule is CCCc1nnc(-c2nc3c(N4CCC5(C=Nc6ccccc65)CC4)ncnc3n2CC)o1. The van der Waals surface area contributed by atoms with Gasteiger partial charge in [-0.15, -0.1) is 10.2 Å². The van der Waals surface area contributed by atoms with Gasteiger partial charge in [0.1, 0.15) is 6.33 Å². The molecule has 9 nitrogen and oxygen atoms in total. The molecule has 3 aromatic heterocycles. The Kier molecular flexibility index (Phi) is 4.70. The normalized spacial score (nSPS) is 16.7. The molecule has 9 heteroatoms. The van der Waals surface area contributed by atoms with Crippen LogP contribution in [0.5, 0.6) is 0 Å². The van der Waals surface area contributed by atoms with Crippen molar-refractivity contribution in [3.63, 3.8) is 0 Å². The van der Waals surface area contributed by atoms with E-state index in [1.54, 1.807) is 6.33 Å². The topological polar surface area (TPSA) is 98.1 Å². The second kappa shape index (κ2) is 7.75. The van der Waals surface area contributed by atoms with Crippen LogP contribution in [-0.2, 0) is 18.4 Å². The maximum atomic E-state index is 5.88. The van der Waals surface area contributed by atoms with Crippen molar-refractivity contribution in [1.29, 1.82) is 0 Å². The van der Waals surface area contributed by atoms with Crippen LogP contribution in [0.4, 0.5) is 11.5 Å². The van der Waals surface area contributed by atoms with Gasteiger partial charge in [0.2, 0.25) is 11.7 Å². The van der Waals surface area contributed by atoms with Gasteiger partial charge in [0.05, 0.1) is 5.69 Å². The van der Waals surface area contributed by atoms with Gasteiger partial charge in [-0.3, -0.25) is 4.99 Å². The van der Waals surface area contributed by atoms with Gasteiger partial charge in [-0.1, -0.05) is 25.1 Å². The molecular formula is C24H26N8O. The minimum Gasteiger partial charge on any atom is -0.418 e. The second-order valence-corrected chi connectivity index (χ2v) is 8.72. The van der Waals surface area contributed by atoms with Gasteiger partial charge in [-0.25, -0.2) is 15.0 Å². The van der Waals surface area contributed by atoms with Crippen molar-refractivity contribution in [1.82, 2.24) is 29.7 Å². The molecule has 168 valence electrons. The van der Waals surface area contributed by atoms with Crippen LogP contribution in [0.1, 0.15) is 44.6 Å². The molecule has 1 saturated heterocycles. The molecule has 1 fully saturated rings. The molecule has 5 heterocycles. The van der Waals surface area contributed by atoms with Gasteiger partial charge in [-0.2, -0.15) is 0 Å². The molecule has 6 rings (SSSR count). The van der Waals surface area contributed by atoms with Crippen LogP contribution >= 0.6 is 0 Å². The predicted molar refractivity (Wildman–Crippen MR) is 126 cm³/mol. The number of hydrogen-bond donors (Lipinski definition) is 0. The van der Waals surface area contributed by atoms with Gasteiger partial charge < -0.3 is 13.9 Å². The van der Waals surface area contributed by atoms with Crippen LogP contribution in [0.25, 0.3) is 22.9 Å². The summed E-state index contributed by atoms with van der Waals surface area (Å²) in [6, 6.07) is 8.48. The molecule has 0 amide bonds. The van der Waals surface area contributed by atoms with Gasteiger partial charge >= 0.3 is 0 Å². The summed E-state index contributed by atoms with van der Waals surface area (Å²) in [5, 5.41) is 8.41. The number of fused-ring (bicyclic) bond motifs is 3. The van der Waals surface area contributed by atoms with E-state index in [0.29, 0.717) is 24.2 Å². The Morgan fingerprint density at radius 1 is 1.06 bits per heavy atom. The molecule has 4 aromatic rings. The van der Waals surface area contributed by atoms with Crippen molar-refractivity contribution in [2.45, 2.75) is 51.5 Å². The highest BCUT2D eigenvalue weighted by atomic mass is 16.4. The number of aliphatic imine (C=N–C) groups is 1. The molecule has 0 N–H and O–H groups in total. The molecule has 0 saturated carbocycles. The minimum absolute atomic E-state index is 0.0205. The molecule has 2 aliphatic rings. The van der Waals surface area contributed by atoms with Crippen LogP contribution in [0, 0.1) is 0 Å². The Balaban J connectivity index is 1.33. The van der Waals surface area contributed by atoms with E-state index in [1.165, 1.54) is 5.56 Å². The zero-order valence-electron chi connectivity index (χ0n) is 18.9. The van der Waals surface area contributed by atoms with Crippen molar-refractivity contribution < 1.29 is 4.42 Å². The van der Waals surface area contributed by atoms with Gasteiger partial charge in [0.25, 0.3) is 5.89 Å². The van der Waals surface area contributed by atoms with Crippen LogP contribution < -0.4 is 4.90 Å². The van der Waals surface area contributed by atoms with Crippen molar-refractivity contribution >= 4 is 28.9 Å². The average Bonchev–Trinajstić information content (AvgIpc) is 3.56. The first kappa shape index (κ1) is 20.0. The third-order valence-corrected chi connectivity index (χ3v) is 6.80. The van der Waals surface area contributed by atoms with Crippen molar-refractivity contribution in [2.24, 2.45) is 4.99 Å². The van der Waals surface area contributed by atoms with E-state index < -0.39 is 0 Å². The van der Waals surface area contributed by atoms with Crippen LogP contribution in [-0.4, -0.2) is 49.0 Å². The summed E-state index contributed by atoms with van der Waals surface area (Å²) in [5.41, 5.74) is 4.03. The molecular weight excluding hydrogens is 416 g/mol. The van der Waals surface area contributed by atoms with Gasteiger partial charge in [-0.05, 0) is 37.8 Å². The molecule has 0 bridgehead atoms. The molecule has 0 radical (unpaired) electrons. The largest absolute Gasteiger partial charge is 0.418 e. The highest BCUT2D eigenvalue weighted by Crippen LogP contribution is 2.44. The maximum absolute atomic E-state index is 5.88. The van der Waals surface area contributed by atoms with E-state index in [2.05, 4.69) is 69.4 Å². The lowest BCUT2D eigenvalue weighted by molar-refractivity contribution is 0.444. The molecule has 0 aliphatic carbocycles. The zero-order chi connectivity index (χ0) is 22.4. The Morgan fingerprint density at radius 2 is 1.91 bits per heavy atom. The van der Waals surface area contributed by atoms with Gasteiger partial charge in [0, 0.05) is 37.7 Å². The number of nitrogens with zero attached hydrogens (tertiary/aromatic N) is 8. The predicted octanol–water partition coefficient (Wildman–Crippen LogP) is 4.10. The van der Waals surface area contributed by atoms with Crippen LogP contribution in [0.15, 0.2) is 40.0 Å². The van der Waals surface area contributed by atoms with E-state index >= 15 is 0 Å². The summed E-state index contributed by atoms with van der Waals surface area (Å²) in [7, 11) is 0. The number of para-hydroxylation sites is 1. The van der Waals surface area contributed by atoms with E-state index in [4.69, 9.17) is 14.4 Å². The Bertz CT molecular complexity index is 1350. The summed E-state index contributed by atoms with van der Waals surface area (Å²) in [5.74, 6) is 2.57. The Labute approximate surface area is 191 Å². The van der Waals surface area contributed by atoms with Crippen LogP contribution in [0.2, 0.25) is 0 Å². The summed E-state index contributed by atoms with van der Waals surface area (Å²) in [4.78, 5) is 21.1. The van der Waals surface area contributed by atoms with E-state index in [-0.39, 0.29) is 5.41 Å². The minimum atomic E-state index is 0.0205. The van der Waals surface area contributed by atoms with E-state index in [1.807, 2.05) is 4.57 Å². The first-order chi connectivity index (χ1) is 16.2. The Morgan fingerprint density at radius 3 is 2.73 bits per heavy atom. The quantitative estimate of drug-likeness (QED) is 0.459.